The second-order valence-electron chi connectivity index (χ2n) is 5.75. The van der Waals surface area contributed by atoms with Crippen molar-refractivity contribution in [1.29, 1.82) is 0 Å². The van der Waals surface area contributed by atoms with Crippen LogP contribution in [0.3, 0.4) is 0 Å². The summed E-state index contributed by atoms with van der Waals surface area (Å²) in [5.41, 5.74) is 5.30. The van der Waals surface area contributed by atoms with E-state index < -0.39 is 39.7 Å². The fourth-order valence-corrected chi connectivity index (χ4v) is 3.68. The van der Waals surface area contributed by atoms with E-state index in [2.05, 4.69) is 20.0 Å². The number of aromatic amines is 1. The Morgan fingerprint density at radius 3 is 3.04 bits per heavy atom. The van der Waals surface area contributed by atoms with Crippen molar-refractivity contribution in [1.82, 2.24) is 24.6 Å². The average Bonchev–Trinajstić information content (AvgIpc) is 3.07. The summed E-state index contributed by atoms with van der Waals surface area (Å²) in [6, 6.07) is -0.642. The summed E-state index contributed by atoms with van der Waals surface area (Å²) >= 11 is 0. The summed E-state index contributed by atoms with van der Waals surface area (Å²) in [6.45, 7) is 0.751. The van der Waals surface area contributed by atoms with E-state index in [9.17, 15) is 18.8 Å². The Morgan fingerprint density at radius 1 is 1.65 bits per heavy atom. The molecule has 13 nitrogen and oxygen atoms in total. The van der Waals surface area contributed by atoms with Gasteiger partial charge in [0.05, 0.1) is 19.0 Å². The van der Waals surface area contributed by atoms with Crippen LogP contribution in [-0.4, -0.2) is 54.7 Å². The Bertz CT molecular complexity index is 939. The van der Waals surface area contributed by atoms with E-state index in [0.717, 1.165) is 6.66 Å². The zero-order chi connectivity index (χ0) is 19.1. The molecule has 1 aliphatic heterocycles. The molecule has 3 rings (SSSR count). The summed E-state index contributed by atoms with van der Waals surface area (Å²) in [4.78, 5) is 40.6. The Kier molecular flexibility index (Phi) is 5.22. The smallest absolute Gasteiger partial charge is 0.369 e. The molecule has 2 aromatic heterocycles. The second kappa shape index (κ2) is 7.12. The van der Waals surface area contributed by atoms with E-state index in [0.29, 0.717) is 0 Å². The topological polar surface area (TPSA) is 195 Å². The molecule has 0 bridgehead atoms. The van der Waals surface area contributed by atoms with Crippen molar-refractivity contribution in [2.45, 2.75) is 24.8 Å². The lowest BCUT2D eigenvalue weighted by Crippen LogP contribution is -2.35. The van der Waals surface area contributed by atoms with Crippen LogP contribution in [0.2, 0.25) is 0 Å². The van der Waals surface area contributed by atoms with Crippen molar-refractivity contribution >= 4 is 32.9 Å². The van der Waals surface area contributed by atoms with Gasteiger partial charge in [0, 0.05) is 13.1 Å². The predicted molar refractivity (Wildman–Crippen MR) is 89.5 cm³/mol. The second-order valence-corrected chi connectivity index (χ2v) is 8.42. The molecule has 1 aliphatic rings. The van der Waals surface area contributed by atoms with Gasteiger partial charge < -0.3 is 19.9 Å². The standard InChI is InChI=1S/C11H16N6O7P2/c1-26(21,22)23-3-6-5(16-25(19)20)2-7(24-6)17-4-13-8-9(17)14-11(12)15-10(8)18/h4-7H,2-3H2,1H3,(H5-,12,14,15,16,18,19,20,21,22)/p+1/t5-,6+,7+/m0/s1. The van der Waals surface area contributed by atoms with Crippen molar-refractivity contribution in [3.05, 3.63) is 16.7 Å². The fourth-order valence-electron chi connectivity index (χ4n) is 2.70. The molecule has 142 valence electrons. The molecule has 15 heteroatoms. The van der Waals surface area contributed by atoms with Crippen LogP contribution < -0.4 is 16.4 Å². The Labute approximate surface area is 147 Å². The van der Waals surface area contributed by atoms with Gasteiger partial charge in [0.2, 0.25) is 5.95 Å². The van der Waals surface area contributed by atoms with Crippen molar-refractivity contribution in [2.75, 3.05) is 19.0 Å². The molecule has 1 saturated heterocycles. The molecular formula is C11H17N6O7P2+. The van der Waals surface area contributed by atoms with Gasteiger partial charge in [-0.15, -0.1) is 4.89 Å². The first-order chi connectivity index (χ1) is 12.1. The third-order valence-corrected chi connectivity index (χ3v) is 4.93. The normalized spacial score (nSPS) is 26.1. The number of hydrogen-bond donors (Lipinski definition) is 5. The predicted octanol–water partition coefficient (Wildman–Crippen LogP) is -0.571. The van der Waals surface area contributed by atoms with E-state index in [1.165, 1.54) is 10.9 Å². The van der Waals surface area contributed by atoms with Crippen LogP contribution in [0.5, 0.6) is 0 Å². The lowest BCUT2D eigenvalue weighted by atomic mass is 10.1. The maximum absolute atomic E-state index is 11.9. The quantitative estimate of drug-likeness (QED) is 0.385. The van der Waals surface area contributed by atoms with Crippen LogP contribution in [-0.2, 0) is 18.4 Å². The fraction of sp³-hybridized carbons (Fsp3) is 0.545. The van der Waals surface area contributed by atoms with E-state index in [1.54, 1.807) is 0 Å². The SMILES string of the molecule is CP(=O)(O)OC[C@H]1O[C@@H](n2cnc3c(=O)[nH]c(N)nc32)C[C@@H]1N[P+](=O)O. The van der Waals surface area contributed by atoms with Crippen LogP contribution in [0, 0.1) is 0 Å². The Balaban J connectivity index is 1.88. The first-order valence-electron chi connectivity index (χ1n) is 7.39. The van der Waals surface area contributed by atoms with Crippen LogP contribution in [0.15, 0.2) is 11.1 Å². The van der Waals surface area contributed by atoms with Crippen LogP contribution >= 0.6 is 15.8 Å². The molecule has 0 saturated carbocycles. The number of H-pyrrole nitrogens is 1. The monoisotopic (exact) mass is 407 g/mol. The van der Waals surface area contributed by atoms with Crippen molar-refractivity contribution < 1.29 is 28.2 Å². The summed E-state index contributed by atoms with van der Waals surface area (Å²) in [5, 5.41) is 2.43. The summed E-state index contributed by atoms with van der Waals surface area (Å²) in [5.74, 6) is -0.0950. The number of fused-ring (bicyclic) bond motifs is 1. The Hall–Kier alpha value is -1.72. The molecule has 5 atom stereocenters. The third kappa shape index (κ3) is 4.15. The number of nitrogen functional groups attached to an aromatic ring is 1. The van der Waals surface area contributed by atoms with Gasteiger partial charge >= 0.3 is 15.8 Å². The molecule has 0 amide bonds. The van der Waals surface area contributed by atoms with E-state index in [-0.39, 0.29) is 30.1 Å². The highest BCUT2D eigenvalue weighted by Crippen LogP contribution is 2.39. The molecule has 2 unspecified atom stereocenters. The van der Waals surface area contributed by atoms with Gasteiger partial charge in [0.25, 0.3) is 5.56 Å². The highest BCUT2D eigenvalue weighted by atomic mass is 31.2. The lowest BCUT2D eigenvalue weighted by molar-refractivity contribution is -0.0207. The number of nitrogens with one attached hydrogen (secondary N) is 2. The van der Waals surface area contributed by atoms with Crippen molar-refractivity contribution in [2.24, 2.45) is 0 Å². The Morgan fingerprint density at radius 2 is 2.38 bits per heavy atom. The summed E-state index contributed by atoms with van der Waals surface area (Å²) in [7, 11) is -6.43. The average molecular weight is 407 g/mol. The van der Waals surface area contributed by atoms with E-state index >= 15 is 0 Å². The molecule has 3 heterocycles. The number of nitrogens with two attached hydrogens (primary N) is 1. The molecule has 0 aliphatic carbocycles. The van der Waals surface area contributed by atoms with Gasteiger partial charge in [-0.3, -0.25) is 18.9 Å². The molecule has 2 aromatic rings. The van der Waals surface area contributed by atoms with Crippen LogP contribution in [0.1, 0.15) is 12.6 Å². The highest BCUT2D eigenvalue weighted by Gasteiger charge is 2.41. The van der Waals surface area contributed by atoms with Crippen LogP contribution in [0.25, 0.3) is 11.2 Å². The summed E-state index contributed by atoms with van der Waals surface area (Å²) < 4.78 is 34.6. The maximum atomic E-state index is 11.9. The first kappa shape index (κ1) is 19.1. The minimum Gasteiger partial charge on any atom is -0.369 e. The van der Waals surface area contributed by atoms with Crippen molar-refractivity contribution in [3.8, 4) is 0 Å². The number of ether oxygens (including phenoxy) is 1. The van der Waals surface area contributed by atoms with Gasteiger partial charge in [-0.25, -0.2) is 4.98 Å². The van der Waals surface area contributed by atoms with Gasteiger partial charge in [-0.1, -0.05) is 5.09 Å². The number of nitrogens with zero attached hydrogens (tertiary/aromatic N) is 3. The molecule has 1 fully saturated rings. The number of imidazole rings is 1. The highest BCUT2D eigenvalue weighted by molar-refractivity contribution is 7.51. The summed E-state index contributed by atoms with van der Waals surface area (Å²) in [6.07, 6.45) is 0.0510. The van der Waals surface area contributed by atoms with Gasteiger partial charge in [0.1, 0.15) is 12.3 Å². The molecule has 0 aromatic carbocycles. The lowest BCUT2D eigenvalue weighted by Gasteiger charge is -2.17. The molecule has 0 spiro atoms. The molecular weight excluding hydrogens is 390 g/mol. The van der Waals surface area contributed by atoms with Gasteiger partial charge in [0.15, 0.2) is 11.2 Å². The molecule has 26 heavy (non-hydrogen) atoms. The number of hydrogen-bond acceptors (Lipinski definition) is 8. The minimum absolute atomic E-state index is 0.0636. The van der Waals surface area contributed by atoms with Gasteiger partial charge in [-0.2, -0.15) is 4.98 Å². The van der Waals surface area contributed by atoms with Crippen LogP contribution in [0.4, 0.5) is 5.95 Å². The minimum atomic E-state index is -3.75. The zero-order valence-corrected chi connectivity index (χ0v) is 15.3. The number of anilines is 1. The molecule has 6 N–H and O–H groups in total. The van der Waals surface area contributed by atoms with Gasteiger partial charge in [-0.05, 0) is 4.57 Å². The first-order valence-corrected chi connectivity index (χ1v) is 10.6. The largest absolute Gasteiger partial charge is 0.610 e. The molecule has 0 radical (unpaired) electrons. The van der Waals surface area contributed by atoms with E-state index in [4.69, 9.17) is 19.9 Å². The maximum Gasteiger partial charge on any atom is 0.610 e. The number of rotatable bonds is 6. The third-order valence-electron chi connectivity index (χ3n) is 3.75. The zero-order valence-electron chi connectivity index (χ0n) is 13.5. The number of aromatic nitrogens is 4. The van der Waals surface area contributed by atoms with Crippen molar-refractivity contribution in [3.63, 3.8) is 0 Å². The van der Waals surface area contributed by atoms with E-state index in [1.807, 2.05) is 0 Å².